The topological polar surface area (TPSA) is 69.2 Å². The van der Waals surface area contributed by atoms with Crippen LogP contribution in [0.15, 0.2) is 18.2 Å². The number of rotatable bonds is 3. The lowest BCUT2D eigenvalue weighted by Gasteiger charge is -2.31. The maximum atomic E-state index is 13.2. The number of carbonyl (C=O) groups is 2. The normalized spacial score (nSPS) is 22.3. The van der Waals surface area contributed by atoms with Gasteiger partial charge < -0.3 is 15.2 Å². The molecule has 1 fully saturated rings. The zero-order valence-electron chi connectivity index (χ0n) is 11.3. The summed E-state index contributed by atoms with van der Waals surface area (Å²) in [7, 11) is 0. The first-order valence-corrected chi connectivity index (χ1v) is 6.77. The maximum absolute atomic E-state index is 13.2. The van der Waals surface area contributed by atoms with E-state index in [0.717, 1.165) is 18.4 Å². The molecule has 0 radical (unpaired) electrons. The zero-order chi connectivity index (χ0) is 14.7. The summed E-state index contributed by atoms with van der Waals surface area (Å²) in [5.41, 5.74) is 1.12. The van der Waals surface area contributed by atoms with E-state index in [1.165, 1.54) is 12.1 Å². The number of benzene rings is 1. The molecule has 1 aromatic carbocycles. The van der Waals surface area contributed by atoms with Crippen LogP contribution in [0, 0.1) is 24.6 Å². The predicted molar refractivity (Wildman–Crippen MR) is 70.2 cm³/mol. The van der Waals surface area contributed by atoms with Gasteiger partial charge >= 0.3 is 0 Å². The molecule has 1 aliphatic rings. The Labute approximate surface area is 117 Å². The molecule has 0 aromatic heterocycles. The third-order valence-electron chi connectivity index (χ3n) is 3.86. The second kappa shape index (κ2) is 6.03. The Morgan fingerprint density at radius 2 is 1.90 bits per heavy atom. The summed E-state index contributed by atoms with van der Waals surface area (Å²) in [5, 5.41) is 13.7. The van der Waals surface area contributed by atoms with Gasteiger partial charge in [-0.25, -0.2) is 4.39 Å². The molecule has 108 valence electrons. The Balaban J connectivity index is 2.14. The molecule has 2 rings (SSSR count). The minimum Gasteiger partial charge on any atom is -0.550 e. The summed E-state index contributed by atoms with van der Waals surface area (Å²) >= 11 is 0. The van der Waals surface area contributed by atoms with Gasteiger partial charge in [0.2, 0.25) is 5.91 Å². The molecular formula is C15H17FNO3-. The van der Waals surface area contributed by atoms with Gasteiger partial charge in [0, 0.05) is 23.5 Å². The Hall–Kier alpha value is -1.91. The number of hydrogen-bond donors (Lipinski definition) is 1. The van der Waals surface area contributed by atoms with Crippen LogP contribution in [-0.4, -0.2) is 11.9 Å². The fourth-order valence-electron chi connectivity index (χ4n) is 2.68. The van der Waals surface area contributed by atoms with Crippen LogP contribution in [0.4, 0.5) is 10.1 Å². The van der Waals surface area contributed by atoms with Crippen molar-refractivity contribution in [2.24, 2.45) is 11.8 Å². The Kier molecular flexibility index (Phi) is 4.37. The highest BCUT2D eigenvalue weighted by Crippen LogP contribution is 2.31. The summed E-state index contributed by atoms with van der Waals surface area (Å²) in [6, 6.07) is 4.13. The van der Waals surface area contributed by atoms with Gasteiger partial charge in [-0.2, -0.15) is 0 Å². The molecule has 0 bridgehead atoms. The second-order valence-corrected chi connectivity index (χ2v) is 5.26. The molecule has 1 aromatic rings. The van der Waals surface area contributed by atoms with Crippen molar-refractivity contribution >= 4 is 17.6 Å². The maximum Gasteiger partial charge on any atom is 0.228 e. The Bertz CT molecular complexity index is 530. The minimum atomic E-state index is -1.18. The first-order chi connectivity index (χ1) is 9.49. The Morgan fingerprint density at radius 3 is 2.55 bits per heavy atom. The average Bonchev–Trinajstić information content (AvgIpc) is 2.42. The molecule has 5 heteroatoms. The van der Waals surface area contributed by atoms with Gasteiger partial charge in [-0.3, -0.25) is 4.79 Å². The molecule has 2 atom stereocenters. The van der Waals surface area contributed by atoms with Crippen molar-refractivity contribution in [3.05, 3.63) is 29.6 Å². The third-order valence-corrected chi connectivity index (χ3v) is 3.86. The number of anilines is 1. The number of aryl methyl sites for hydroxylation is 1. The number of carbonyl (C=O) groups excluding carboxylic acids is 2. The molecule has 20 heavy (non-hydrogen) atoms. The number of nitrogens with one attached hydrogen (secondary N) is 1. The van der Waals surface area contributed by atoms with Gasteiger partial charge in [0.1, 0.15) is 5.82 Å². The van der Waals surface area contributed by atoms with Crippen LogP contribution in [0.2, 0.25) is 0 Å². The van der Waals surface area contributed by atoms with E-state index in [2.05, 4.69) is 5.32 Å². The van der Waals surface area contributed by atoms with Crippen LogP contribution in [0.25, 0.3) is 0 Å². The van der Waals surface area contributed by atoms with Crippen molar-refractivity contribution in [1.29, 1.82) is 0 Å². The molecule has 1 amide bonds. The number of amides is 1. The van der Waals surface area contributed by atoms with E-state index in [9.17, 15) is 19.1 Å². The van der Waals surface area contributed by atoms with E-state index in [1.807, 2.05) is 0 Å². The van der Waals surface area contributed by atoms with Gasteiger partial charge in [-0.15, -0.1) is 0 Å². The first kappa shape index (κ1) is 14.5. The van der Waals surface area contributed by atoms with Gasteiger partial charge in [0.05, 0.1) is 0 Å². The second-order valence-electron chi connectivity index (χ2n) is 5.26. The number of carboxylic acid groups (broad SMARTS) is 1. The lowest BCUT2D eigenvalue weighted by Crippen LogP contribution is -2.42. The zero-order valence-corrected chi connectivity index (χ0v) is 11.3. The van der Waals surface area contributed by atoms with Crippen LogP contribution in [0.3, 0.4) is 0 Å². The van der Waals surface area contributed by atoms with E-state index in [1.54, 1.807) is 13.0 Å². The third kappa shape index (κ3) is 3.15. The fraction of sp³-hybridized carbons (Fsp3) is 0.467. The van der Waals surface area contributed by atoms with Crippen molar-refractivity contribution in [2.45, 2.75) is 32.6 Å². The summed E-state index contributed by atoms with van der Waals surface area (Å²) in [6.07, 6.45) is 2.60. The molecular weight excluding hydrogens is 261 g/mol. The van der Waals surface area contributed by atoms with Crippen molar-refractivity contribution in [3.63, 3.8) is 0 Å². The molecule has 0 saturated heterocycles. The van der Waals surface area contributed by atoms with Gasteiger partial charge in [0.25, 0.3) is 0 Å². The lowest BCUT2D eigenvalue weighted by molar-refractivity contribution is -0.313. The summed E-state index contributed by atoms with van der Waals surface area (Å²) in [5.74, 6) is -3.34. The first-order valence-electron chi connectivity index (χ1n) is 6.77. The van der Waals surface area contributed by atoms with Gasteiger partial charge in [0.15, 0.2) is 0 Å². The quantitative estimate of drug-likeness (QED) is 0.913. The van der Waals surface area contributed by atoms with E-state index in [0.29, 0.717) is 18.5 Å². The smallest absolute Gasteiger partial charge is 0.228 e. The largest absolute Gasteiger partial charge is 0.550 e. The summed E-state index contributed by atoms with van der Waals surface area (Å²) in [4.78, 5) is 23.3. The number of aliphatic carboxylic acids is 1. The highest BCUT2D eigenvalue weighted by atomic mass is 19.1. The van der Waals surface area contributed by atoms with Crippen molar-refractivity contribution < 1.29 is 19.1 Å². The minimum absolute atomic E-state index is 0.368. The van der Waals surface area contributed by atoms with E-state index < -0.39 is 23.6 Å². The van der Waals surface area contributed by atoms with Gasteiger partial charge in [-0.1, -0.05) is 18.9 Å². The molecule has 0 aliphatic heterocycles. The average molecular weight is 278 g/mol. The number of carboxylic acids is 1. The van der Waals surface area contributed by atoms with Crippen molar-refractivity contribution in [3.8, 4) is 0 Å². The molecule has 1 N–H and O–H groups in total. The molecule has 0 spiro atoms. The van der Waals surface area contributed by atoms with E-state index in [4.69, 9.17) is 0 Å². The van der Waals surface area contributed by atoms with Crippen LogP contribution in [0.1, 0.15) is 31.2 Å². The van der Waals surface area contributed by atoms with Crippen LogP contribution >= 0.6 is 0 Å². The van der Waals surface area contributed by atoms with E-state index >= 15 is 0 Å². The SMILES string of the molecule is Cc1ccc(F)cc1NC(=O)[C@@H]1CCCC[C@@H]1C(=O)[O-]. The molecule has 1 saturated carbocycles. The highest BCUT2D eigenvalue weighted by Gasteiger charge is 2.31. The van der Waals surface area contributed by atoms with Crippen molar-refractivity contribution in [1.82, 2.24) is 0 Å². The standard InChI is InChI=1S/C15H18FNO3/c1-9-6-7-10(16)8-13(9)17-14(18)11-4-2-3-5-12(11)15(19)20/h6-8,11-12H,2-5H2,1H3,(H,17,18)(H,19,20)/p-1/t11-,12+/m1/s1. The van der Waals surface area contributed by atoms with Crippen LogP contribution in [-0.2, 0) is 9.59 Å². The molecule has 1 aliphatic carbocycles. The van der Waals surface area contributed by atoms with Gasteiger partial charge in [-0.05, 0) is 37.5 Å². The molecule has 4 nitrogen and oxygen atoms in total. The summed E-state index contributed by atoms with van der Waals surface area (Å²) in [6.45, 7) is 1.76. The Morgan fingerprint density at radius 1 is 1.25 bits per heavy atom. The highest BCUT2D eigenvalue weighted by molar-refractivity contribution is 5.95. The number of hydrogen-bond acceptors (Lipinski definition) is 3. The lowest BCUT2D eigenvalue weighted by atomic mass is 9.78. The molecule has 0 heterocycles. The number of halogens is 1. The summed E-state index contributed by atoms with van der Waals surface area (Å²) < 4.78 is 13.2. The fourth-order valence-corrected chi connectivity index (χ4v) is 2.68. The predicted octanol–water partition coefficient (Wildman–Crippen LogP) is 1.63. The van der Waals surface area contributed by atoms with Crippen LogP contribution < -0.4 is 10.4 Å². The van der Waals surface area contributed by atoms with E-state index in [-0.39, 0.29) is 5.91 Å². The van der Waals surface area contributed by atoms with Crippen molar-refractivity contribution in [2.75, 3.05) is 5.32 Å². The monoisotopic (exact) mass is 278 g/mol. The molecule has 0 unspecified atom stereocenters. The van der Waals surface area contributed by atoms with Crippen LogP contribution in [0.5, 0.6) is 0 Å².